The molecule has 0 unspecified atom stereocenters. The van der Waals surface area contributed by atoms with E-state index in [1.165, 1.54) is 42.9 Å². The molecule has 0 fully saturated rings. The Labute approximate surface area is 225 Å². The molecule has 0 saturated heterocycles. The number of aryl methyl sites for hydroxylation is 1. The molecule has 0 radical (unpaired) electrons. The number of rotatable bonds is 6. The fourth-order valence-electron chi connectivity index (χ4n) is 3.35. The minimum atomic E-state index is -4.55. The quantitative estimate of drug-likeness (QED) is 0.227. The first-order chi connectivity index (χ1) is 19.5. The summed E-state index contributed by atoms with van der Waals surface area (Å²) in [6.45, 7) is 2.53. The van der Waals surface area contributed by atoms with Gasteiger partial charge in [0.25, 0.3) is 0 Å². The molecule has 9 nitrogen and oxygen atoms in total. The third kappa shape index (κ3) is 7.21. The highest BCUT2D eigenvalue weighted by molar-refractivity contribution is 5.86. The van der Waals surface area contributed by atoms with Crippen LogP contribution in [-0.2, 0) is 17.9 Å². The second-order valence-electron chi connectivity index (χ2n) is 9.28. The van der Waals surface area contributed by atoms with Gasteiger partial charge in [0, 0.05) is 34.7 Å². The minimum Gasteiger partial charge on any atom is -0.444 e. The SMILES string of the molecule is [2H]C([2H])([2H])n1cc(Nc2ncc(-c3ccc(C(F)(F)F)cc3)c(Nc3cc(NC(=O)OC(C)(C)C)ccc3F)n2)cn1. The molecular weight excluding hydrogens is 518 g/mol. The number of benzene rings is 2. The standard InChI is InChI=1S/C26H25F4N7O2/c1-25(2,3)39-24(38)34-17-9-10-20(27)21(11-17)35-22-19(15-5-7-16(8-6-15)26(28,29)30)13-31-23(36-22)33-18-12-32-37(4)14-18/h5-14H,1-4H3,(H,34,38)(H2,31,33,35,36)/i4D3. The third-order valence-corrected chi connectivity index (χ3v) is 5.02. The van der Waals surface area contributed by atoms with Gasteiger partial charge in [-0.25, -0.2) is 14.2 Å². The van der Waals surface area contributed by atoms with Gasteiger partial charge in [-0.2, -0.15) is 23.3 Å². The van der Waals surface area contributed by atoms with Crippen LogP contribution in [-0.4, -0.2) is 31.4 Å². The molecule has 0 atom stereocenters. The number of ether oxygens (including phenoxy) is 1. The lowest BCUT2D eigenvalue weighted by Crippen LogP contribution is -2.27. The molecule has 13 heteroatoms. The Hall–Kier alpha value is -4.68. The summed E-state index contributed by atoms with van der Waals surface area (Å²) >= 11 is 0. The Bertz CT molecular complexity index is 1580. The van der Waals surface area contributed by atoms with Crippen LogP contribution in [0.5, 0.6) is 0 Å². The zero-order valence-corrected chi connectivity index (χ0v) is 20.9. The maximum Gasteiger partial charge on any atom is 0.416 e. The third-order valence-electron chi connectivity index (χ3n) is 5.02. The minimum absolute atomic E-state index is 0.0104. The largest absolute Gasteiger partial charge is 0.444 e. The number of carbonyl (C=O) groups excluding carboxylic acids is 1. The van der Waals surface area contributed by atoms with Crippen molar-refractivity contribution in [3.63, 3.8) is 0 Å². The molecule has 2 heterocycles. The van der Waals surface area contributed by atoms with E-state index in [0.29, 0.717) is 0 Å². The van der Waals surface area contributed by atoms with Gasteiger partial charge in [0.2, 0.25) is 5.95 Å². The number of amides is 1. The Morgan fingerprint density at radius 2 is 1.77 bits per heavy atom. The van der Waals surface area contributed by atoms with Crippen molar-refractivity contribution in [3.05, 3.63) is 72.4 Å². The van der Waals surface area contributed by atoms with E-state index in [1.54, 1.807) is 20.8 Å². The number of hydrogen-bond donors (Lipinski definition) is 3. The first kappa shape index (κ1) is 23.4. The molecule has 204 valence electrons. The van der Waals surface area contributed by atoms with Crippen LogP contribution in [0.2, 0.25) is 0 Å². The summed E-state index contributed by atoms with van der Waals surface area (Å²) in [4.78, 5) is 20.7. The lowest BCUT2D eigenvalue weighted by molar-refractivity contribution is -0.137. The van der Waals surface area contributed by atoms with Crippen LogP contribution in [0.3, 0.4) is 0 Å². The topological polar surface area (TPSA) is 106 Å². The Balaban J connectivity index is 1.70. The average molecular weight is 547 g/mol. The average Bonchev–Trinajstić information content (AvgIpc) is 3.34. The summed E-state index contributed by atoms with van der Waals surface area (Å²) in [5.41, 5.74) is -0.836. The van der Waals surface area contributed by atoms with Gasteiger partial charge in [-0.3, -0.25) is 10.00 Å². The Kier molecular flexibility index (Phi) is 6.37. The summed E-state index contributed by atoms with van der Waals surface area (Å²) in [5.74, 6) is -0.791. The zero-order chi connectivity index (χ0) is 30.9. The number of nitrogens with one attached hydrogen (secondary N) is 3. The summed E-state index contributed by atoms with van der Waals surface area (Å²) in [7, 11) is 0. The maximum absolute atomic E-state index is 14.9. The Morgan fingerprint density at radius 3 is 2.41 bits per heavy atom. The number of anilines is 5. The van der Waals surface area contributed by atoms with E-state index >= 15 is 0 Å². The molecule has 0 aliphatic carbocycles. The second kappa shape index (κ2) is 10.6. The number of hydrogen-bond acceptors (Lipinski definition) is 7. The fraction of sp³-hybridized carbons (Fsp3) is 0.231. The van der Waals surface area contributed by atoms with Crippen molar-refractivity contribution in [2.45, 2.75) is 32.5 Å². The number of carbonyl (C=O) groups is 1. The van der Waals surface area contributed by atoms with Crippen molar-refractivity contribution in [3.8, 4) is 11.1 Å². The lowest BCUT2D eigenvalue weighted by Gasteiger charge is -2.20. The van der Waals surface area contributed by atoms with E-state index < -0.39 is 36.2 Å². The van der Waals surface area contributed by atoms with Gasteiger partial charge in [0.1, 0.15) is 17.2 Å². The lowest BCUT2D eigenvalue weighted by atomic mass is 10.1. The highest BCUT2D eigenvalue weighted by Gasteiger charge is 2.30. The maximum atomic E-state index is 14.9. The molecule has 3 N–H and O–H groups in total. The van der Waals surface area contributed by atoms with Crippen LogP contribution in [0.4, 0.5) is 51.2 Å². The molecule has 2 aromatic heterocycles. The second-order valence-corrected chi connectivity index (χ2v) is 9.28. The molecule has 39 heavy (non-hydrogen) atoms. The van der Waals surface area contributed by atoms with E-state index in [9.17, 15) is 22.4 Å². The molecule has 0 aliphatic heterocycles. The number of aromatic nitrogens is 4. The van der Waals surface area contributed by atoms with Crippen LogP contribution in [0.25, 0.3) is 11.1 Å². The molecule has 0 saturated carbocycles. The summed E-state index contributed by atoms with van der Waals surface area (Å²) < 4.78 is 82.6. The number of nitrogens with zero attached hydrogens (tertiary/aromatic N) is 4. The van der Waals surface area contributed by atoms with Crippen LogP contribution in [0.15, 0.2) is 61.1 Å². The van der Waals surface area contributed by atoms with E-state index in [-0.39, 0.29) is 40.0 Å². The van der Waals surface area contributed by atoms with Crippen LogP contribution >= 0.6 is 0 Å². The van der Waals surface area contributed by atoms with Crippen molar-refractivity contribution in [1.29, 1.82) is 0 Å². The summed E-state index contributed by atoms with van der Waals surface area (Å²) in [6.07, 6.45) is -1.57. The van der Waals surface area contributed by atoms with E-state index in [2.05, 4.69) is 31.0 Å². The predicted molar refractivity (Wildman–Crippen MR) is 139 cm³/mol. The van der Waals surface area contributed by atoms with Gasteiger partial charge in [-0.1, -0.05) is 12.1 Å². The van der Waals surface area contributed by atoms with Gasteiger partial charge in [-0.15, -0.1) is 0 Å². The smallest absolute Gasteiger partial charge is 0.416 e. The molecule has 0 spiro atoms. The monoisotopic (exact) mass is 546 g/mol. The predicted octanol–water partition coefficient (Wildman–Crippen LogP) is 6.87. The zero-order valence-electron chi connectivity index (χ0n) is 23.9. The summed E-state index contributed by atoms with van der Waals surface area (Å²) in [5, 5.41) is 11.9. The van der Waals surface area contributed by atoms with E-state index in [1.807, 2.05) is 0 Å². The number of alkyl halides is 3. The van der Waals surface area contributed by atoms with Crippen molar-refractivity contribution < 1.29 is 31.2 Å². The van der Waals surface area contributed by atoms with Gasteiger partial charge < -0.3 is 15.4 Å². The normalized spacial score (nSPS) is 13.2. The molecule has 2 aromatic carbocycles. The number of halogens is 4. The van der Waals surface area contributed by atoms with Crippen molar-refractivity contribution in [1.82, 2.24) is 19.7 Å². The molecular formula is C26H25F4N7O2. The molecule has 0 bridgehead atoms. The highest BCUT2D eigenvalue weighted by atomic mass is 19.4. The highest BCUT2D eigenvalue weighted by Crippen LogP contribution is 2.34. The van der Waals surface area contributed by atoms with Crippen molar-refractivity contribution in [2.24, 2.45) is 6.98 Å². The summed E-state index contributed by atoms with van der Waals surface area (Å²) in [6, 6.07) is 7.91. The molecule has 0 aliphatic rings. The molecule has 4 aromatic rings. The van der Waals surface area contributed by atoms with Crippen LogP contribution in [0.1, 0.15) is 30.4 Å². The van der Waals surface area contributed by atoms with Gasteiger partial charge in [0.15, 0.2) is 0 Å². The van der Waals surface area contributed by atoms with Crippen molar-refractivity contribution >= 4 is 34.9 Å². The van der Waals surface area contributed by atoms with Crippen LogP contribution in [0, 0.1) is 5.82 Å². The van der Waals surface area contributed by atoms with Gasteiger partial charge >= 0.3 is 12.3 Å². The molecule has 4 rings (SSSR count). The van der Waals surface area contributed by atoms with Gasteiger partial charge in [-0.05, 0) is 56.7 Å². The molecule has 1 amide bonds. The first-order valence-corrected chi connectivity index (χ1v) is 11.4. The van der Waals surface area contributed by atoms with E-state index in [0.717, 1.165) is 22.9 Å². The van der Waals surface area contributed by atoms with Gasteiger partial charge in [0.05, 0.1) is 23.1 Å². The van der Waals surface area contributed by atoms with Crippen LogP contribution < -0.4 is 16.0 Å². The fourth-order valence-corrected chi connectivity index (χ4v) is 3.35. The van der Waals surface area contributed by atoms with E-state index in [4.69, 9.17) is 8.85 Å². The van der Waals surface area contributed by atoms with Crippen molar-refractivity contribution in [2.75, 3.05) is 16.0 Å². The Morgan fingerprint density at radius 1 is 1.03 bits per heavy atom. The first-order valence-electron chi connectivity index (χ1n) is 12.9.